The molecule has 2 aliphatic heterocycles. The van der Waals surface area contributed by atoms with Crippen molar-refractivity contribution in [2.45, 2.75) is 70.2 Å². The molecule has 2 amide bonds. The van der Waals surface area contributed by atoms with Gasteiger partial charge in [0.15, 0.2) is 5.96 Å². The third kappa shape index (κ3) is 5.76. The zero-order valence-electron chi connectivity index (χ0n) is 23.2. The third-order valence-corrected chi connectivity index (χ3v) is 7.52. The Hall–Kier alpha value is -3.90. The fourth-order valence-corrected chi connectivity index (χ4v) is 5.31. The molecule has 4 rings (SSSR count). The molecule has 3 heterocycles. The first kappa shape index (κ1) is 28.1. The number of ether oxygens (including phenoxy) is 2. The molecule has 2 aromatic rings. The van der Waals surface area contributed by atoms with Gasteiger partial charge in [-0.25, -0.2) is 0 Å². The number of nitrogens with zero attached hydrogens (tertiary/aromatic N) is 2. The van der Waals surface area contributed by atoms with Crippen LogP contribution in [0.3, 0.4) is 0 Å². The number of para-hydroxylation sites is 1. The smallest absolute Gasteiger partial charge is 0.253 e. The van der Waals surface area contributed by atoms with Crippen LogP contribution in [-0.2, 0) is 9.53 Å². The van der Waals surface area contributed by atoms with Crippen molar-refractivity contribution in [2.75, 3.05) is 13.7 Å². The molecule has 3 N–H and O–H groups in total. The molecule has 0 spiro atoms. The molecule has 1 aromatic carbocycles. The van der Waals surface area contributed by atoms with E-state index in [2.05, 4.69) is 21.5 Å². The van der Waals surface area contributed by atoms with E-state index < -0.39 is 17.2 Å². The summed E-state index contributed by atoms with van der Waals surface area (Å²) in [4.78, 5) is 32.6. The van der Waals surface area contributed by atoms with Crippen LogP contribution in [0, 0.1) is 23.7 Å². The predicted molar refractivity (Wildman–Crippen MR) is 148 cm³/mol. The number of benzene rings is 1. The highest BCUT2D eigenvalue weighted by Gasteiger charge is 2.45. The quantitative estimate of drug-likeness (QED) is 0.444. The molecule has 0 bridgehead atoms. The largest absolute Gasteiger partial charge is 0.487 e. The van der Waals surface area contributed by atoms with Crippen LogP contribution in [0.15, 0.2) is 42.7 Å². The first-order chi connectivity index (χ1) is 18.5. The van der Waals surface area contributed by atoms with E-state index in [1.54, 1.807) is 19.4 Å². The number of terminal acetylenes is 1. The summed E-state index contributed by atoms with van der Waals surface area (Å²) in [6, 6.07) is 8.63. The van der Waals surface area contributed by atoms with Crippen LogP contribution in [0.25, 0.3) is 0 Å². The van der Waals surface area contributed by atoms with Crippen LogP contribution in [0.4, 0.5) is 0 Å². The van der Waals surface area contributed by atoms with Gasteiger partial charge in [-0.3, -0.25) is 24.9 Å². The molecule has 3 atom stereocenters. The van der Waals surface area contributed by atoms with Gasteiger partial charge in [0.1, 0.15) is 16.9 Å². The van der Waals surface area contributed by atoms with Gasteiger partial charge in [-0.05, 0) is 43.9 Å². The van der Waals surface area contributed by atoms with Crippen molar-refractivity contribution in [1.29, 1.82) is 5.41 Å². The number of hydrogen-bond acceptors (Lipinski definition) is 6. The van der Waals surface area contributed by atoms with Crippen LogP contribution in [0.1, 0.15) is 80.5 Å². The summed E-state index contributed by atoms with van der Waals surface area (Å²) in [6.45, 7) is 8.19. The van der Waals surface area contributed by atoms with Gasteiger partial charge in [-0.2, -0.15) is 0 Å². The van der Waals surface area contributed by atoms with E-state index in [0.717, 1.165) is 11.3 Å². The number of carbonyl (C=O) groups is 2. The standard InChI is InChI=1S/C30H37N5O4/c1-7-30(19(2)3)16-26(36)35(28(31)34-30)24(12-13-38-6)20-14-21(18-32-17-20)27(37)33-23-15-29(4,5)39-25-11-9-8-10-22(23)25/h1,8-11,14,17-19,23-24H,12-13,15-16H2,2-6H3,(H2,31,34)(H,33,37)/t23-,24?,30-/m0/s1. The molecular weight excluding hydrogens is 494 g/mol. The van der Waals surface area contributed by atoms with E-state index in [0.29, 0.717) is 30.6 Å². The first-order valence-electron chi connectivity index (χ1n) is 13.2. The van der Waals surface area contributed by atoms with Gasteiger partial charge in [-0.15, -0.1) is 6.42 Å². The third-order valence-electron chi connectivity index (χ3n) is 7.52. The second kappa shape index (κ2) is 11.1. The molecule has 0 aliphatic carbocycles. The molecule has 9 nitrogen and oxygen atoms in total. The van der Waals surface area contributed by atoms with Crippen molar-refractivity contribution in [3.63, 3.8) is 0 Å². The Balaban J connectivity index is 1.61. The predicted octanol–water partition coefficient (Wildman–Crippen LogP) is 3.98. The molecule has 1 aromatic heterocycles. The second-order valence-corrected chi connectivity index (χ2v) is 11.1. The number of pyridine rings is 1. The Bertz CT molecular complexity index is 1280. The van der Waals surface area contributed by atoms with Crippen LogP contribution >= 0.6 is 0 Å². The minimum absolute atomic E-state index is 0.0551. The number of carbonyl (C=O) groups excluding carboxylic acids is 2. The molecular formula is C30H37N5O4. The summed E-state index contributed by atoms with van der Waals surface area (Å²) in [5.74, 6) is 2.78. The maximum Gasteiger partial charge on any atom is 0.253 e. The van der Waals surface area contributed by atoms with E-state index in [1.165, 1.54) is 11.1 Å². The summed E-state index contributed by atoms with van der Waals surface area (Å²) in [5.41, 5.74) is 0.548. The van der Waals surface area contributed by atoms with Gasteiger partial charge in [0.25, 0.3) is 5.91 Å². The number of nitrogens with one attached hydrogen (secondary N) is 3. The Morgan fingerprint density at radius 1 is 1.36 bits per heavy atom. The molecule has 0 radical (unpaired) electrons. The highest BCUT2D eigenvalue weighted by Crippen LogP contribution is 2.39. The number of aromatic nitrogens is 1. The van der Waals surface area contributed by atoms with Crippen LogP contribution < -0.4 is 15.4 Å². The lowest BCUT2D eigenvalue weighted by Crippen LogP contribution is -2.64. The SMILES string of the molecule is C#C[C@@]1(C(C)C)CC(=O)N(C(CCOC)c2cncc(C(=O)N[C@H]3CC(C)(C)Oc4ccccc43)c2)C(=N)N1. The van der Waals surface area contributed by atoms with Crippen LogP contribution in [-0.4, -0.2) is 52.5 Å². The number of hydrogen-bond donors (Lipinski definition) is 3. The second-order valence-electron chi connectivity index (χ2n) is 11.1. The fourth-order valence-electron chi connectivity index (χ4n) is 5.31. The molecule has 2 aliphatic rings. The number of amides is 2. The normalized spacial score (nSPS) is 22.8. The number of guanidine groups is 1. The highest BCUT2D eigenvalue weighted by molar-refractivity contribution is 6.00. The van der Waals surface area contributed by atoms with Crippen molar-refractivity contribution >= 4 is 17.8 Å². The van der Waals surface area contributed by atoms with Crippen molar-refractivity contribution in [3.8, 4) is 18.1 Å². The minimum Gasteiger partial charge on any atom is -0.487 e. The fraction of sp³-hybridized carbons (Fsp3) is 0.467. The molecule has 1 unspecified atom stereocenters. The topological polar surface area (TPSA) is 117 Å². The Kier molecular flexibility index (Phi) is 7.98. The average Bonchev–Trinajstić information content (AvgIpc) is 2.89. The van der Waals surface area contributed by atoms with Crippen molar-refractivity contribution in [2.24, 2.45) is 5.92 Å². The van der Waals surface area contributed by atoms with Crippen LogP contribution in [0.2, 0.25) is 0 Å². The lowest BCUT2D eigenvalue weighted by atomic mass is 9.81. The summed E-state index contributed by atoms with van der Waals surface area (Å²) < 4.78 is 11.4. The van der Waals surface area contributed by atoms with Gasteiger partial charge >= 0.3 is 0 Å². The first-order valence-corrected chi connectivity index (χ1v) is 13.2. The van der Waals surface area contributed by atoms with E-state index in [4.69, 9.17) is 21.3 Å². The summed E-state index contributed by atoms with van der Waals surface area (Å²) in [7, 11) is 1.58. The molecule has 206 valence electrons. The maximum absolute atomic E-state index is 13.5. The average molecular weight is 532 g/mol. The summed E-state index contributed by atoms with van der Waals surface area (Å²) >= 11 is 0. The Labute approximate surface area is 230 Å². The number of fused-ring (bicyclic) bond motifs is 1. The molecule has 9 heteroatoms. The van der Waals surface area contributed by atoms with Gasteiger partial charge in [0, 0.05) is 38.1 Å². The minimum atomic E-state index is -0.926. The molecule has 1 fully saturated rings. The lowest BCUT2D eigenvalue weighted by Gasteiger charge is -2.44. The van der Waals surface area contributed by atoms with Gasteiger partial charge in [0.2, 0.25) is 5.91 Å². The van der Waals surface area contributed by atoms with Crippen LogP contribution in [0.5, 0.6) is 5.75 Å². The van der Waals surface area contributed by atoms with Crippen molar-refractivity contribution < 1.29 is 19.1 Å². The van der Waals surface area contributed by atoms with Crippen molar-refractivity contribution in [3.05, 3.63) is 59.4 Å². The van der Waals surface area contributed by atoms with E-state index in [9.17, 15) is 9.59 Å². The summed E-state index contributed by atoms with van der Waals surface area (Å²) in [6.07, 6.45) is 9.99. The van der Waals surface area contributed by atoms with Crippen molar-refractivity contribution in [1.82, 2.24) is 20.5 Å². The highest BCUT2D eigenvalue weighted by atomic mass is 16.5. The molecule has 0 saturated carbocycles. The monoisotopic (exact) mass is 531 g/mol. The lowest BCUT2D eigenvalue weighted by molar-refractivity contribution is -0.132. The van der Waals surface area contributed by atoms with Gasteiger partial charge < -0.3 is 20.1 Å². The molecule has 39 heavy (non-hydrogen) atoms. The van der Waals surface area contributed by atoms with E-state index >= 15 is 0 Å². The maximum atomic E-state index is 13.5. The van der Waals surface area contributed by atoms with E-state index in [-0.39, 0.29) is 36.2 Å². The van der Waals surface area contributed by atoms with Gasteiger partial charge in [0.05, 0.1) is 24.1 Å². The zero-order chi connectivity index (χ0) is 28.4. The number of rotatable bonds is 8. The molecule has 1 saturated heterocycles. The Morgan fingerprint density at radius 2 is 2.10 bits per heavy atom. The zero-order valence-corrected chi connectivity index (χ0v) is 23.2. The number of methoxy groups -OCH3 is 1. The Morgan fingerprint density at radius 3 is 2.77 bits per heavy atom. The van der Waals surface area contributed by atoms with Gasteiger partial charge in [-0.1, -0.05) is 38.0 Å². The van der Waals surface area contributed by atoms with E-state index in [1.807, 2.05) is 52.0 Å². The summed E-state index contributed by atoms with van der Waals surface area (Å²) in [5, 5.41) is 14.9.